The van der Waals surface area contributed by atoms with E-state index in [0.717, 1.165) is 16.7 Å². The molecule has 2 amide bonds. The number of anilines is 1. The summed E-state index contributed by atoms with van der Waals surface area (Å²) in [4.78, 5) is 36.7. The summed E-state index contributed by atoms with van der Waals surface area (Å²) in [6.45, 7) is 1.90. The number of Topliss-reactive ketones (excluding diaryl/α,β-unsaturated/α-hetero) is 1. The summed E-state index contributed by atoms with van der Waals surface area (Å²) in [6, 6.07) is 17.6. The van der Waals surface area contributed by atoms with Gasteiger partial charge in [-0.2, -0.15) is 0 Å². The number of hydrogen-bond acceptors (Lipinski definition) is 4. The average Bonchev–Trinajstić information content (AvgIpc) is 3.16. The maximum Gasteiger partial charge on any atom is 0.255 e. The van der Waals surface area contributed by atoms with Crippen LogP contribution in [0.15, 0.2) is 60.7 Å². The number of amides is 2. The molecule has 0 fully saturated rings. The van der Waals surface area contributed by atoms with E-state index in [0.29, 0.717) is 34.7 Å². The highest BCUT2D eigenvalue weighted by molar-refractivity contribution is 6.11. The molecule has 3 aromatic carbocycles. The summed E-state index contributed by atoms with van der Waals surface area (Å²) in [6.07, 6.45) is 0. The van der Waals surface area contributed by atoms with Gasteiger partial charge in [-0.05, 0) is 53.9 Å². The van der Waals surface area contributed by atoms with Crippen LogP contribution < -0.4 is 15.4 Å². The molecule has 1 aliphatic rings. The van der Waals surface area contributed by atoms with Crippen molar-refractivity contribution >= 4 is 23.3 Å². The number of methoxy groups -OCH3 is 1. The van der Waals surface area contributed by atoms with E-state index in [1.807, 2.05) is 18.2 Å². The second kappa shape index (κ2) is 7.83. The number of carbonyl (C=O) groups excluding carboxylic acids is 3. The van der Waals surface area contributed by atoms with Gasteiger partial charge in [0.1, 0.15) is 5.75 Å². The molecule has 4 rings (SSSR count). The van der Waals surface area contributed by atoms with Crippen molar-refractivity contribution in [1.29, 1.82) is 0 Å². The van der Waals surface area contributed by atoms with E-state index in [1.54, 1.807) is 49.6 Å². The molecule has 30 heavy (non-hydrogen) atoms. The maximum atomic E-state index is 12.7. The van der Waals surface area contributed by atoms with Crippen molar-refractivity contribution in [3.63, 3.8) is 0 Å². The molecule has 0 saturated carbocycles. The molecule has 0 spiro atoms. The SMILES string of the molecule is COc1ccc(C(=O)Nc2ccc(-c3ccc(C(C)=O)cc3)c3c2C(=O)NC3)cc1. The van der Waals surface area contributed by atoms with Crippen LogP contribution in [0.4, 0.5) is 5.69 Å². The summed E-state index contributed by atoms with van der Waals surface area (Å²) in [5.74, 6) is 0.127. The first-order valence-corrected chi connectivity index (χ1v) is 9.49. The van der Waals surface area contributed by atoms with E-state index in [2.05, 4.69) is 10.6 Å². The third-order valence-electron chi connectivity index (χ3n) is 5.17. The predicted octanol–water partition coefficient (Wildman–Crippen LogP) is 4.06. The Hall–Kier alpha value is -3.93. The second-order valence-electron chi connectivity index (χ2n) is 7.01. The molecule has 0 bridgehead atoms. The van der Waals surface area contributed by atoms with Crippen molar-refractivity contribution in [2.45, 2.75) is 13.5 Å². The van der Waals surface area contributed by atoms with Crippen LogP contribution in [0.3, 0.4) is 0 Å². The number of nitrogens with one attached hydrogen (secondary N) is 2. The minimum absolute atomic E-state index is 0.000200. The minimum atomic E-state index is -0.307. The third kappa shape index (κ3) is 3.55. The number of fused-ring (bicyclic) bond motifs is 1. The van der Waals surface area contributed by atoms with E-state index >= 15 is 0 Å². The zero-order valence-electron chi connectivity index (χ0n) is 16.6. The zero-order valence-corrected chi connectivity index (χ0v) is 16.6. The van der Waals surface area contributed by atoms with Gasteiger partial charge >= 0.3 is 0 Å². The van der Waals surface area contributed by atoms with Crippen molar-refractivity contribution < 1.29 is 19.1 Å². The minimum Gasteiger partial charge on any atom is -0.497 e. The van der Waals surface area contributed by atoms with Gasteiger partial charge in [-0.1, -0.05) is 30.3 Å². The number of ether oxygens (including phenoxy) is 1. The Bertz CT molecular complexity index is 1150. The van der Waals surface area contributed by atoms with E-state index in [4.69, 9.17) is 4.74 Å². The maximum absolute atomic E-state index is 12.7. The van der Waals surface area contributed by atoms with Crippen LogP contribution in [0.25, 0.3) is 11.1 Å². The molecule has 6 heteroatoms. The predicted molar refractivity (Wildman–Crippen MR) is 114 cm³/mol. The lowest BCUT2D eigenvalue weighted by Crippen LogP contribution is -2.17. The Labute approximate surface area is 173 Å². The highest BCUT2D eigenvalue weighted by Gasteiger charge is 2.27. The van der Waals surface area contributed by atoms with E-state index in [1.165, 1.54) is 6.92 Å². The first-order valence-electron chi connectivity index (χ1n) is 9.49. The van der Waals surface area contributed by atoms with Gasteiger partial charge in [-0.25, -0.2) is 0 Å². The number of benzene rings is 3. The molecule has 150 valence electrons. The standard InChI is InChI=1S/C24H20N2O4/c1-14(27)15-3-5-16(6-4-15)19-11-12-21(22-20(19)13-25-24(22)29)26-23(28)17-7-9-18(30-2)10-8-17/h3-12H,13H2,1-2H3,(H,25,29)(H,26,28). The van der Waals surface area contributed by atoms with Gasteiger partial charge in [0.2, 0.25) is 0 Å². The summed E-state index contributed by atoms with van der Waals surface area (Å²) in [5.41, 5.74) is 4.64. The second-order valence-corrected chi connectivity index (χ2v) is 7.01. The van der Waals surface area contributed by atoms with Gasteiger partial charge in [-0.15, -0.1) is 0 Å². The number of ketones is 1. The molecule has 2 N–H and O–H groups in total. The Morgan fingerprint density at radius 3 is 2.23 bits per heavy atom. The summed E-state index contributed by atoms with van der Waals surface area (Å²) < 4.78 is 5.11. The Morgan fingerprint density at radius 1 is 0.933 bits per heavy atom. The van der Waals surface area contributed by atoms with Crippen LogP contribution in [0.5, 0.6) is 5.75 Å². The van der Waals surface area contributed by atoms with Crippen LogP contribution in [0, 0.1) is 0 Å². The number of rotatable bonds is 5. The van der Waals surface area contributed by atoms with Crippen LogP contribution >= 0.6 is 0 Å². The molecule has 0 atom stereocenters. The molecule has 3 aromatic rings. The number of hydrogen-bond donors (Lipinski definition) is 2. The van der Waals surface area contributed by atoms with Gasteiger partial charge in [0.25, 0.3) is 11.8 Å². The first-order chi connectivity index (χ1) is 14.5. The van der Waals surface area contributed by atoms with Crippen LogP contribution in [-0.4, -0.2) is 24.7 Å². The van der Waals surface area contributed by atoms with Crippen molar-refractivity contribution in [3.05, 3.63) is 82.9 Å². The smallest absolute Gasteiger partial charge is 0.255 e. The van der Waals surface area contributed by atoms with E-state index in [-0.39, 0.29) is 17.6 Å². The topological polar surface area (TPSA) is 84.5 Å². The average molecular weight is 400 g/mol. The molecule has 0 radical (unpaired) electrons. The summed E-state index contributed by atoms with van der Waals surface area (Å²) in [7, 11) is 1.56. The lowest BCUT2D eigenvalue weighted by Gasteiger charge is -2.13. The molecule has 0 aliphatic carbocycles. The van der Waals surface area contributed by atoms with Crippen molar-refractivity contribution in [2.75, 3.05) is 12.4 Å². The Kier molecular flexibility index (Phi) is 5.06. The molecule has 0 aromatic heterocycles. The molecule has 1 heterocycles. The van der Waals surface area contributed by atoms with Gasteiger partial charge in [0.05, 0.1) is 18.4 Å². The highest BCUT2D eigenvalue weighted by Crippen LogP contribution is 2.34. The van der Waals surface area contributed by atoms with Crippen molar-refractivity contribution in [2.24, 2.45) is 0 Å². The Balaban J connectivity index is 1.67. The monoisotopic (exact) mass is 400 g/mol. The van der Waals surface area contributed by atoms with E-state index < -0.39 is 0 Å². The lowest BCUT2D eigenvalue weighted by atomic mass is 9.94. The molecule has 1 aliphatic heterocycles. The fraction of sp³-hybridized carbons (Fsp3) is 0.125. The summed E-state index contributed by atoms with van der Waals surface area (Å²) >= 11 is 0. The largest absolute Gasteiger partial charge is 0.497 e. The normalized spacial score (nSPS) is 12.1. The fourth-order valence-corrected chi connectivity index (χ4v) is 3.54. The number of carbonyl (C=O) groups is 3. The van der Waals surface area contributed by atoms with Gasteiger partial charge in [-0.3, -0.25) is 14.4 Å². The first kappa shape index (κ1) is 19.4. The lowest BCUT2D eigenvalue weighted by molar-refractivity contribution is 0.0965. The highest BCUT2D eigenvalue weighted by atomic mass is 16.5. The summed E-state index contributed by atoms with van der Waals surface area (Å²) in [5, 5.41) is 5.68. The molecule has 0 unspecified atom stereocenters. The Morgan fingerprint density at radius 2 is 1.60 bits per heavy atom. The molecular formula is C24H20N2O4. The van der Waals surface area contributed by atoms with Crippen LogP contribution in [0.2, 0.25) is 0 Å². The molecular weight excluding hydrogens is 380 g/mol. The molecule has 6 nitrogen and oxygen atoms in total. The zero-order chi connectivity index (χ0) is 21.3. The van der Waals surface area contributed by atoms with Crippen LogP contribution in [-0.2, 0) is 6.54 Å². The van der Waals surface area contributed by atoms with Gasteiger partial charge in [0.15, 0.2) is 5.78 Å². The van der Waals surface area contributed by atoms with Crippen LogP contribution in [0.1, 0.15) is 43.6 Å². The van der Waals surface area contributed by atoms with E-state index in [9.17, 15) is 14.4 Å². The fourth-order valence-electron chi connectivity index (χ4n) is 3.54. The van der Waals surface area contributed by atoms with Gasteiger partial charge < -0.3 is 15.4 Å². The van der Waals surface area contributed by atoms with Gasteiger partial charge in [0, 0.05) is 17.7 Å². The third-order valence-corrected chi connectivity index (χ3v) is 5.17. The molecule has 0 saturated heterocycles. The quantitative estimate of drug-likeness (QED) is 0.633. The van der Waals surface area contributed by atoms with Crippen molar-refractivity contribution in [1.82, 2.24) is 5.32 Å². The van der Waals surface area contributed by atoms with Crippen molar-refractivity contribution in [3.8, 4) is 16.9 Å².